The van der Waals surface area contributed by atoms with Crippen LogP contribution in [-0.4, -0.2) is 82.1 Å². The smallest absolute Gasteiger partial charge is 0.275 e. The van der Waals surface area contributed by atoms with Crippen molar-refractivity contribution in [1.82, 2.24) is 15.5 Å². The summed E-state index contributed by atoms with van der Waals surface area (Å²) >= 11 is 0. The van der Waals surface area contributed by atoms with Gasteiger partial charge in [0.25, 0.3) is 5.91 Å². The van der Waals surface area contributed by atoms with Crippen molar-refractivity contribution in [3.8, 4) is 0 Å². The lowest BCUT2D eigenvalue weighted by atomic mass is 10.3. The normalized spacial score (nSPS) is 11.5. The molecule has 6 nitrogen and oxygen atoms in total. The molecule has 0 atom stereocenters. The molecule has 0 heterocycles. The van der Waals surface area contributed by atoms with Gasteiger partial charge < -0.3 is 20.0 Å². The number of amides is 2. The SMILES string of the molecule is CCC[N+](C)(C)CC(=O)NCCCCNC(=O)CN(C)C. The van der Waals surface area contributed by atoms with E-state index in [0.717, 1.165) is 30.3 Å². The summed E-state index contributed by atoms with van der Waals surface area (Å²) in [5.41, 5.74) is 0. The molecule has 0 saturated heterocycles. The third-order valence-electron chi connectivity index (χ3n) is 3.11. The Morgan fingerprint density at radius 2 is 1.52 bits per heavy atom. The molecule has 0 aliphatic rings. The molecule has 0 spiro atoms. The predicted octanol–water partition coefficient (Wildman–Crippen LogP) is 0.0470. The summed E-state index contributed by atoms with van der Waals surface area (Å²) in [7, 11) is 7.88. The molecule has 0 radical (unpaired) electrons. The Morgan fingerprint density at radius 3 is 2.00 bits per heavy atom. The van der Waals surface area contributed by atoms with Gasteiger partial charge in [-0.3, -0.25) is 9.59 Å². The molecule has 124 valence electrons. The van der Waals surface area contributed by atoms with Crippen molar-refractivity contribution >= 4 is 11.8 Å². The zero-order chi connectivity index (χ0) is 16.3. The Hall–Kier alpha value is -1.14. The van der Waals surface area contributed by atoms with Crippen LogP contribution in [0.2, 0.25) is 0 Å². The highest BCUT2D eigenvalue weighted by Gasteiger charge is 2.18. The monoisotopic (exact) mass is 301 g/mol. The van der Waals surface area contributed by atoms with Gasteiger partial charge in [-0.05, 0) is 33.4 Å². The van der Waals surface area contributed by atoms with Crippen LogP contribution in [0.1, 0.15) is 26.2 Å². The van der Waals surface area contributed by atoms with Crippen LogP contribution in [0.25, 0.3) is 0 Å². The number of rotatable bonds is 11. The molecule has 0 aromatic rings. The average molecular weight is 301 g/mol. The summed E-state index contributed by atoms with van der Waals surface area (Å²) < 4.78 is 0.725. The molecule has 21 heavy (non-hydrogen) atoms. The summed E-state index contributed by atoms with van der Waals surface area (Å²) in [5, 5.41) is 5.80. The summed E-state index contributed by atoms with van der Waals surface area (Å²) in [4.78, 5) is 25.0. The van der Waals surface area contributed by atoms with Crippen molar-refractivity contribution in [3.63, 3.8) is 0 Å². The molecule has 2 N–H and O–H groups in total. The largest absolute Gasteiger partial charge is 0.355 e. The fourth-order valence-electron chi connectivity index (χ4n) is 2.18. The Labute approximate surface area is 129 Å². The number of likely N-dealkylation sites (N-methyl/N-ethyl adjacent to an activating group) is 2. The molecule has 0 saturated carbocycles. The van der Waals surface area contributed by atoms with Gasteiger partial charge in [0, 0.05) is 13.1 Å². The zero-order valence-electron chi connectivity index (χ0n) is 14.4. The minimum absolute atomic E-state index is 0.0441. The van der Waals surface area contributed by atoms with Gasteiger partial charge in [0.2, 0.25) is 5.91 Å². The van der Waals surface area contributed by atoms with Crippen LogP contribution >= 0.6 is 0 Å². The zero-order valence-corrected chi connectivity index (χ0v) is 14.4. The number of carbonyl (C=O) groups excluding carboxylic acids is 2. The summed E-state index contributed by atoms with van der Waals surface area (Å²) in [5.74, 6) is 0.146. The fraction of sp³-hybridized carbons (Fsp3) is 0.867. The number of carbonyl (C=O) groups is 2. The highest BCUT2D eigenvalue weighted by atomic mass is 16.2. The minimum atomic E-state index is 0.0441. The van der Waals surface area contributed by atoms with Crippen LogP contribution in [0.4, 0.5) is 0 Å². The van der Waals surface area contributed by atoms with Crippen molar-refractivity contribution in [2.75, 3.05) is 60.9 Å². The predicted molar refractivity (Wildman–Crippen MR) is 85.9 cm³/mol. The first kappa shape index (κ1) is 19.9. The second-order valence-corrected chi connectivity index (χ2v) is 6.46. The molecular weight excluding hydrogens is 268 g/mol. The third kappa shape index (κ3) is 12.3. The lowest BCUT2D eigenvalue weighted by molar-refractivity contribution is -0.882. The van der Waals surface area contributed by atoms with Crippen LogP contribution < -0.4 is 10.6 Å². The van der Waals surface area contributed by atoms with Crippen LogP contribution in [0.3, 0.4) is 0 Å². The van der Waals surface area contributed by atoms with Crippen molar-refractivity contribution in [3.05, 3.63) is 0 Å². The van der Waals surface area contributed by atoms with Crippen LogP contribution in [0, 0.1) is 0 Å². The second kappa shape index (κ2) is 10.6. The summed E-state index contributed by atoms with van der Waals surface area (Å²) in [6.45, 7) is 5.41. The van der Waals surface area contributed by atoms with E-state index < -0.39 is 0 Å². The lowest BCUT2D eigenvalue weighted by Crippen LogP contribution is -2.48. The summed E-state index contributed by atoms with van der Waals surface area (Å²) in [6, 6.07) is 0. The van der Waals surface area contributed by atoms with Gasteiger partial charge in [-0.1, -0.05) is 6.92 Å². The molecule has 0 bridgehead atoms. The Morgan fingerprint density at radius 1 is 1.00 bits per heavy atom. The minimum Gasteiger partial charge on any atom is -0.355 e. The van der Waals surface area contributed by atoms with Crippen LogP contribution in [0.5, 0.6) is 0 Å². The van der Waals surface area contributed by atoms with Crippen molar-refractivity contribution in [2.24, 2.45) is 0 Å². The van der Waals surface area contributed by atoms with E-state index >= 15 is 0 Å². The van der Waals surface area contributed by atoms with E-state index in [1.807, 2.05) is 19.0 Å². The molecular formula is C15H33N4O2+. The fourth-order valence-corrected chi connectivity index (χ4v) is 2.18. The number of hydrogen-bond acceptors (Lipinski definition) is 3. The molecule has 0 aromatic heterocycles. The molecule has 0 aliphatic carbocycles. The number of nitrogens with one attached hydrogen (secondary N) is 2. The maximum absolute atomic E-state index is 11.8. The van der Waals surface area contributed by atoms with Crippen molar-refractivity contribution < 1.29 is 14.1 Å². The first-order valence-corrected chi connectivity index (χ1v) is 7.77. The van der Waals surface area contributed by atoms with Crippen LogP contribution in [0.15, 0.2) is 0 Å². The maximum atomic E-state index is 11.8. The number of unbranched alkanes of at least 4 members (excludes halogenated alkanes) is 1. The molecule has 0 aromatic carbocycles. The van der Waals surface area contributed by atoms with Crippen molar-refractivity contribution in [1.29, 1.82) is 0 Å². The first-order chi connectivity index (χ1) is 9.76. The molecule has 6 heteroatoms. The quantitative estimate of drug-likeness (QED) is 0.419. The van der Waals surface area contributed by atoms with E-state index in [1.165, 1.54) is 0 Å². The van der Waals surface area contributed by atoms with Gasteiger partial charge >= 0.3 is 0 Å². The van der Waals surface area contributed by atoms with Gasteiger partial charge in [-0.15, -0.1) is 0 Å². The number of hydrogen-bond donors (Lipinski definition) is 2. The van der Waals surface area contributed by atoms with E-state index in [9.17, 15) is 9.59 Å². The van der Waals surface area contributed by atoms with E-state index in [-0.39, 0.29) is 11.8 Å². The number of quaternary nitrogens is 1. The lowest BCUT2D eigenvalue weighted by Gasteiger charge is -2.28. The van der Waals surface area contributed by atoms with Gasteiger partial charge in [-0.25, -0.2) is 0 Å². The van der Waals surface area contributed by atoms with Gasteiger partial charge in [0.05, 0.1) is 27.2 Å². The highest BCUT2D eigenvalue weighted by Crippen LogP contribution is 1.98. The Kier molecular flexibility index (Phi) is 9.99. The van der Waals surface area contributed by atoms with Gasteiger partial charge in [0.1, 0.15) is 0 Å². The van der Waals surface area contributed by atoms with Crippen LogP contribution in [-0.2, 0) is 9.59 Å². The third-order valence-corrected chi connectivity index (χ3v) is 3.11. The van der Waals surface area contributed by atoms with E-state index in [2.05, 4.69) is 31.7 Å². The molecule has 0 rings (SSSR count). The van der Waals surface area contributed by atoms with E-state index in [4.69, 9.17) is 0 Å². The van der Waals surface area contributed by atoms with Crippen molar-refractivity contribution in [2.45, 2.75) is 26.2 Å². The first-order valence-electron chi connectivity index (χ1n) is 7.77. The average Bonchev–Trinajstić information content (AvgIpc) is 2.31. The maximum Gasteiger partial charge on any atom is 0.275 e. The number of nitrogens with zero attached hydrogens (tertiary/aromatic N) is 2. The summed E-state index contributed by atoms with van der Waals surface area (Å²) in [6.07, 6.45) is 2.84. The molecule has 0 aliphatic heterocycles. The van der Waals surface area contributed by atoms with Gasteiger partial charge in [-0.2, -0.15) is 0 Å². The van der Waals surface area contributed by atoms with E-state index in [0.29, 0.717) is 26.2 Å². The molecule has 0 unspecified atom stereocenters. The van der Waals surface area contributed by atoms with Gasteiger partial charge in [0.15, 0.2) is 6.54 Å². The Balaban J connectivity index is 3.59. The Bertz CT molecular complexity index is 317. The molecule has 2 amide bonds. The highest BCUT2D eigenvalue weighted by molar-refractivity contribution is 5.78. The topological polar surface area (TPSA) is 61.4 Å². The molecule has 0 fully saturated rings. The second-order valence-electron chi connectivity index (χ2n) is 6.46. The standard InChI is InChI=1S/C15H32N4O2/c1-6-11-19(4,5)13-15(21)17-10-8-7-9-16-14(20)12-18(2)3/h6-13H2,1-5H3,(H-,16,17,20,21)/p+1. The van der Waals surface area contributed by atoms with E-state index in [1.54, 1.807) is 0 Å².